The van der Waals surface area contributed by atoms with Crippen molar-refractivity contribution in [2.75, 3.05) is 6.61 Å². The minimum Gasteiger partial charge on any atom is -0.378 e. The molecule has 0 spiro atoms. The Kier molecular flexibility index (Phi) is 4.15. The lowest BCUT2D eigenvalue weighted by Gasteiger charge is -2.16. The summed E-state index contributed by atoms with van der Waals surface area (Å²) in [4.78, 5) is -0.120. The van der Waals surface area contributed by atoms with E-state index in [-0.39, 0.29) is 10.9 Å². The predicted octanol–water partition coefficient (Wildman–Crippen LogP) is 4.28. The van der Waals surface area contributed by atoms with Crippen LogP contribution in [0.3, 0.4) is 0 Å². The van der Waals surface area contributed by atoms with Crippen LogP contribution in [0.5, 0.6) is 0 Å². The van der Waals surface area contributed by atoms with Crippen molar-refractivity contribution < 1.29 is 13.5 Å². The van der Waals surface area contributed by atoms with E-state index in [1.54, 1.807) is 13.0 Å². The van der Waals surface area contributed by atoms with Crippen LogP contribution in [-0.4, -0.2) is 12.7 Å². The predicted molar refractivity (Wildman–Crippen MR) is 66.4 cm³/mol. The van der Waals surface area contributed by atoms with Gasteiger partial charge in [-0.1, -0.05) is 15.9 Å². The standard InChI is InChI=1S/C13H15BrF2O/c1-8-5-10(13(16)7-12(8)15)11(14)6-9-3-2-4-17-9/h5,7,9,11H,2-4,6H2,1H3. The maximum Gasteiger partial charge on any atom is 0.130 e. The summed E-state index contributed by atoms with van der Waals surface area (Å²) in [6.07, 6.45) is 2.99. The molecule has 2 rings (SSSR count). The number of hydrogen-bond donors (Lipinski definition) is 0. The highest BCUT2D eigenvalue weighted by atomic mass is 79.9. The Morgan fingerprint density at radius 2 is 2.18 bits per heavy atom. The molecule has 1 aromatic carbocycles. The fourth-order valence-corrected chi connectivity index (χ4v) is 2.88. The number of ether oxygens (including phenoxy) is 1. The van der Waals surface area contributed by atoms with Crippen molar-refractivity contribution in [1.82, 2.24) is 0 Å². The second kappa shape index (κ2) is 5.44. The molecule has 0 bridgehead atoms. The number of benzene rings is 1. The average molecular weight is 305 g/mol. The van der Waals surface area contributed by atoms with Gasteiger partial charge in [0.15, 0.2) is 0 Å². The minimum atomic E-state index is -0.497. The van der Waals surface area contributed by atoms with Gasteiger partial charge >= 0.3 is 0 Å². The second-order valence-corrected chi connectivity index (χ2v) is 5.57. The Labute approximate surface area is 108 Å². The van der Waals surface area contributed by atoms with Crippen LogP contribution in [-0.2, 0) is 4.74 Å². The third-order valence-electron chi connectivity index (χ3n) is 3.11. The molecule has 0 radical (unpaired) electrons. The first kappa shape index (κ1) is 13.0. The summed E-state index contributed by atoms with van der Waals surface area (Å²) in [5.41, 5.74) is 0.984. The lowest BCUT2D eigenvalue weighted by molar-refractivity contribution is 0.104. The molecule has 0 amide bonds. The molecule has 1 saturated heterocycles. The summed E-state index contributed by atoms with van der Waals surface area (Å²) in [6.45, 7) is 2.43. The van der Waals surface area contributed by atoms with Crippen LogP contribution in [0.4, 0.5) is 8.78 Å². The molecule has 1 aromatic rings. The molecule has 1 aliphatic heterocycles. The summed E-state index contributed by atoms with van der Waals surface area (Å²) < 4.78 is 32.3. The molecule has 2 unspecified atom stereocenters. The lowest BCUT2D eigenvalue weighted by Crippen LogP contribution is -2.09. The monoisotopic (exact) mass is 304 g/mol. The maximum absolute atomic E-state index is 13.6. The molecule has 0 aliphatic carbocycles. The number of aryl methyl sites for hydroxylation is 1. The van der Waals surface area contributed by atoms with Gasteiger partial charge in [0.25, 0.3) is 0 Å². The highest BCUT2D eigenvalue weighted by Crippen LogP contribution is 2.34. The topological polar surface area (TPSA) is 9.23 Å². The van der Waals surface area contributed by atoms with Crippen LogP contribution in [0.1, 0.15) is 35.2 Å². The van der Waals surface area contributed by atoms with E-state index in [9.17, 15) is 8.78 Å². The van der Waals surface area contributed by atoms with Crippen molar-refractivity contribution in [3.8, 4) is 0 Å². The first-order valence-electron chi connectivity index (χ1n) is 5.79. The van der Waals surface area contributed by atoms with Crippen LogP contribution in [0, 0.1) is 18.6 Å². The van der Waals surface area contributed by atoms with E-state index in [4.69, 9.17) is 4.74 Å². The number of hydrogen-bond acceptors (Lipinski definition) is 1. The van der Waals surface area contributed by atoms with E-state index >= 15 is 0 Å². The van der Waals surface area contributed by atoms with Crippen molar-refractivity contribution in [3.05, 3.63) is 34.9 Å². The summed E-state index contributed by atoms with van der Waals surface area (Å²) in [6, 6.07) is 2.52. The van der Waals surface area contributed by atoms with Gasteiger partial charge in [-0.15, -0.1) is 0 Å². The zero-order chi connectivity index (χ0) is 12.4. The molecule has 4 heteroatoms. The zero-order valence-corrected chi connectivity index (χ0v) is 11.3. The second-order valence-electron chi connectivity index (χ2n) is 4.46. The maximum atomic E-state index is 13.6. The fraction of sp³-hybridized carbons (Fsp3) is 0.538. The van der Waals surface area contributed by atoms with E-state index in [2.05, 4.69) is 15.9 Å². The molecule has 1 nitrogen and oxygen atoms in total. The van der Waals surface area contributed by atoms with Crippen molar-refractivity contribution in [1.29, 1.82) is 0 Å². The Morgan fingerprint density at radius 3 is 2.82 bits per heavy atom. The van der Waals surface area contributed by atoms with Crippen LogP contribution in [0.25, 0.3) is 0 Å². The van der Waals surface area contributed by atoms with E-state index in [0.717, 1.165) is 31.9 Å². The number of rotatable bonds is 3. The van der Waals surface area contributed by atoms with Gasteiger partial charge in [0.05, 0.1) is 6.10 Å². The van der Waals surface area contributed by atoms with Crippen molar-refractivity contribution in [2.45, 2.75) is 37.1 Å². The third kappa shape index (κ3) is 3.05. The van der Waals surface area contributed by atoms with Crippen LogP contribution < -0.4 is 0 Å². The average Bonchev–Trinajstić information content (AvgIpc) is 2.76. The summed E-state index contributed by atoms with van der Waals surface area (Å²) in [5.74, 6) is -0.990. The van der Waals surface area contributed by atoms with Gasteiger partial charge in [-0.05, 0) is 37.8 Å². The van der Waals surface area contributed by atoms with E-state index in [0.29, 0.717) is 11.1 Å². The van der Waals surface area contributed by atoms with Crippen molar-refractivity contribution in [2.24, 2.45) is 0 Å². The highest BCUT2D eigenvalue weighted by Gasteiger charge is 2.22. The first-order chi connectivity index (χ1) is 8.08. The van der Waals surface area contributed by atoms with Gasteiger partial charge in [0.2, 0.25) is 0 Å². The summed E-state index contributed by atoms with van der Waals surface area (Å²) in [7, 11) is 0. The van der Waals surface area contributed by atoms with Crippen molar-refractivity contribution in [3.63, 3.8) is 0 Å². The molecule has 0 N–H and O–H groups in total. The van der Waals surface area contributed by atoms with Gasteiger partial charge in [-0.2, -0.15) is 0 Å². The molecular formula is C13H15BrF2O. The quantitative estimate of drug-likeness (QED) is 0.757. The molecule has 1 aliphatic rings. The van der Waals surface area contributed by atoms with Gasteiger partial charge in [0.1, 0.15) is 11.6 Å². The van der Waals surface area contributed by atoms with E-state index in [1.165, 1.54) is 0 Å². The smallest absolute Gasteiger partial charge is 0.130 e. The molecule has 0 saturated carbocycles. The van der Waals surface area contributed by atoms with Gasteiger partial charge < -0.3 is 4.74 Å². The Bertz CT molecular complexity index is 403. The Hall–Kier alpha value is -0.480. The molecule has 2 atom stereocenters. The van der Waals surface area contributed by atoms with Gasteiger partial charge in [-0.25, -0.2) is 8.78 Å². The lowest BCUT2D eigenvalue weighted by atomic mass is 10.0. The molecule has 17 heavy (non-hydrogen) atoms. The normalized spacial score (nSPS) is 21.8. The molecule has 94 valence electrons. The largest absolute Gasteiger partial charge is 0.378 e. The van der Waals surface area contributed by atoms with Crippen LogP contribution in [0.2, 0.25) is 0 Å². The van der Waals surface area contributed by atoms with E-state index in [1.807, 2.05) is 0 Å². The Balaban J connectivity index is 2.12. The van der Waals surface area contributed by atoms with Gasteiger partial charge in [-0.3, -0.25) is 0 Å². The van der Waals surface area contributed by atoms with Crippen molar-refractivity contribution >= 4 is 15.9 Å². The van der Waals surface area contributed by atoms with Crippen LogP contribution >= 0.6 is 15.9 Å². The summed E-state index contributed by atoms with van der Waals surface area (Å²) >= 11 is 3.46. The minimum absolute atomic E-state index is 0.120. The molecule has 0 aromatic heterocycles. The first-order valence-corrected chi connectivity index (χ1v) is 6.70. The zero-order valence-electron chi connectivity index (χ0n) is 9.68. The molecular weight excluding hydrogens is 290 g/mol. The number of halogens is 3. The van der Waals surface area contributed by atoms with E-state index < -0.39 is 11.6 Å². The summed E-state index contributed by atoms with van der Waals surface area (Å²) in [5, 5.41) is 0. The Morgan fingerprint density at radius 1 is 1.41 bits per heavy atom. The van der Waals surface area contributed by atoms with Crippen LogP contribution in [0.15, 0.2) is 12.1 Å². The number of alkyl halides is 1. The highest BCUT2D eigenvalue weighted by molar-refractivity contribution is 9.09. The molecule has 1 fully saturated rings. The van der Waals surface area contributed by atoms with Gasteiger partial charge in [0, 0.05) is 23.1 Å². The SMILES string of the molecule is Cc1cc(C(Br)CC2CCCO2)c(F)cc1F. The third-order valence-corrected chi connectivity index (χ3v) is 3.98. The fourth-order valence-electron chi connectivity index (χ4n) is 2.11. The molecule has 1 heterocycles.